The topological polar surface area (TPSA) is 32.3 Å². The summed E-state index contributed by atoms with van der Waals surface area (Å²) in [5, 5.41) is 3.35. The molecule has 21 heavy (non-hydrogen) atoms. The van der Waals surface area contributed by atoms with Gasteiger partial charge in [0.2, 0.25) is 0 Å². The van der Waals surface area contributed by atoms with Crippen molar-refractivity contribution in [1.29, 1.82) is 0 Å². The molecule has 1 aliphatic heterocycles. The van der Waals surface area contributed by atoms with Gasteiger partial charge in [-0.1, -0.05) is 45.0 Å². The van der Waals surface area contributed by atoms with E-state index < -0.39 is 0 Å². The molecule has 1 aromatic rings. The molecule has 3 nitrogen and oxygen atoms in total. The summed E-state index contributed by atoms with van der Waals surface area (Å²) in [7, 11) is 0. The molecular weight excluding hydrogens is 260 g/mol. The van der Waals surface area contributed by atoms with Gasteiger partial charge in [-0.3, -0.25) is 4.79 Å². The van der Waals surface area contributed by atoms with Crippen LogP contribution >= 0.6 is 0 Å². The average Bonchev–Trinajstić information content (AvgIpc) is 2.47. The molecule has 0 radical (unpaired) electrons. The molecule has 0 saturated carbocycles. The fraction of sp³-hybridized carbons (Fsp3) is 0.611. The number of carbonyl (C=O) groups excluding carboxylic acids is 1. The number of ketones is 1. The van der Waals surface area contributed by atoms with Crippen molar-refractivity contribution < 1.29 is 4.79 Å². The van der Waals surface area contributed by atoms with E-state index in [1.807, 2.05) is 12.1 Å². The van der Waals surface area contributed by atoms with Crippen LogP contribution in [-0.2, 0) is 5.41 Å². The second-order valence-electron chi connectivity index (χ2n) is 6.95. The zero-order valence-corrected chi connectivity index (χ0v) is 13.6. The van der Waals surface area contributed by atoms with Crippen molar-refractivity contribution >= 4 is 5.78 Å². The molecule has 1 heterocycles. The Hall–Kier alpha value is -1.19. The van der Waals surface area contributed by atoms with Gasteiger partial charge >= 0.3 is 0 Å². The Labute approximate surface area is 128 Å². The molecule has 0 amide bonds. The first kappa shape index (κ1) is 16.2. The van der Waals surface area contributed by atoms with Gasteiger partial charge in [0.05, 0.1) is 0 Å². The second-order valence-corrected chi connectivity index (χ2v) is 6.95. The number of nitrogens with one attached hydrogen (secondary N) is 1. The smallest absolute Gasteiger partial charge is 0.162 e. The normalized spacial score (nSPS) is 16.9. The largest absolute Gasteiger partial charge is 0.314 e. The average molecular weight is 288 g/mol. The lowest BCUT2D eigenvalue weighted by Gasteiger charge is -2.26. The molecule has 0 spiro atoms. The zero-order chi connectivity index (χ0) is 15.3. The fourth-order valence-electron chi connectivity index (χ4n) is 2.70. The van der Waals surface area contributed by atoms with Gasteiger partial charge < -0.3 is 10.2 Å². The van der Waals surface area contributed by atoms with Crippen LogP contribution in [0.15, 0.2) is 24.3 Å². The number of Topliss-reactive ketones (excluding diaryl/α,β-unsaturated/α-hetero) is 1. The first-order valence-electron chi connectivity index (χ1n) is 8.03. The van der Waals surface area contributed by atoms with Crippen LogP contribution in [0.25, 0.3) is 0 Å². The summed E-state index contributed by atoms with van der Waals surface area (Å²) in [6.07, 6.45) is 1.61. The predicted molar refractivity (Wildman–Crippen MR) is 88.0 cm³/mol. The van der Waals surface area contributed by atoms with Crippen molar-refractivity contribution in [2.45, 2.75) is 39.0 Å². The number of rotatable bonds is 5. The van der Waals surface area contributed by atoms with Crippen LogP contribution in [0.3, 0.4) is 0 Å². The minimum absolute atomic E-state index is 0.143. The highest BCUT2D eigenvalue weighted by atomic mass is 16.1. The molecule has 0 bridgehead atoms. The summed E-state index contributed by atoms with van der Waals surface area (Å²) in [4.78, 5) is 14.7. The Morgan fingerprint density at radius 1 is 1.14 bits per heavy atom. The summed E-state index contributed by atoms with van der Waals surface area (Å²) in [5.74, 6) is 0.269. The van der Waals surface area contributed by atoms with E-state index in [4.69, 9.17) is 0 Å². The van der Waals surface area contributed by atoms with Crippen molar-refractivity contribution in [3.05, 3.63) is 35.4 Å². The molecule has 1 N–H and O–H groups in total. The first-order chi connectivity index (χ1) is 9.97. The lowest BCUT2D eigenvalue weighted by atomic mass is 9.86. The standard InChI is InChI=1S/C18H28N2O/c1-18(2,3)16-8-6-15(7-9-16)17(21)5-4-12-20-13-10-19-11-14-20/h6-9,19H,4-5,10-14H2,1-3H3. The highest BCUT2D eigenvalue weighted by Crippen LogP contribution is 2.22. The van der Waals surface area contributed by atoms with Crippen molar-refractivity contribution in [2.24, 2.45) is 0 Å². The van der Waals surface area contributed by atoms with E-state index >= 15 is 0 Å². The fourth-order valence-corrected chi connectivity index (χ4v) is 2.70. The molecule has 0 atom stereocenters. The van der Waals surface area contributed by atoms with Gasteiger partial charge in [-0.15, -0.1) is 0 Å². The lowest BCUT2D eigenvalue weighted by molar-refractivity contribution is 0.0973. The highest BCUT2D eigenvalue weighted by molar-refractivity contribution is 5.96. The van der Waals surface area contributed by atoms with Crippen molar-refractivity contribution in [3.8, 4) is 0 Å². The quantitative estimate of drug-likeness (QED) is 0.846. The maximum Gasteiger partial charge on any atom is 0.162 e. The monoisotopic (exact) mass is 288 g/mol. The molecule has 0 aromatic heterocycles. The Morgan fingerprint density at radius 2 is 1.76 bits per heavy atom. The molecule has 1 aliphatic rings. The zero-order valence-electron chi connectivity index (χ0n) is 13.6. The Bertz CT molecular complexity index is 453. The van der Waals surface area contributed by atoms with Gasteiger partial charge in [0.1, 0.15) is 0 Å². The van der Waals surface area contributed by atoms with Gasteiger partial charge in [-0.25, -0.2) is 0 Å². The van der Waals surface area contributed by atoms with E-state index in [-0.39, 0.29) is 11.2 Å². The van der Waals surface area contributed by atoms with Crippen LogP contribution in [0, 0.1) is 0 Å². The number of hydrogen-bond donors (Lipinski definition) is 1. The Morgan fingerprint density at radius 3 is 2.33 bits per heavy atom. The second kappa shape index (κ2) is 7.19. The highest BCUT2D eigenvalue weighted by Gasteiger charge is 2.15. The van der Waals surface area contributed by atoms with Crippen LogP contribution in [0.5, 0.6) is 0 Å². The van der Waals surface area contributed by atoms with Crippen LogP contribution in [0.1, 0.15) is 49.5 Å². The minimum Gasteiger partial charge on any atom is -0.314 e. The summed E-state index contributed by atoms with van der Waals surface area (Å²) in [6.45, 7) is 12.0. The lowest BCUT2D eigenvalue weighted by Crippen LogP contribution is -2.43. The molecule has 0 unspecified atom stereocenters. The van der Waals surface area contributed by atoms with Crippen LogP contribution in [-0.4, -0.2) is 43.4 Å². The molecule has 1 aromatic carbocycles. The van der Waals surface area contributed by atoms with Crippen LogP contribution < -0.4 is 5.32 Å². The van der Waals surface area contributed by atoms with Crippen molar-refractivity contribution in [1.82, 2.24) is 10.2 Å². The van der Waals surface area contributed by atoms with E-state index in [2.05, 4.69) is 43.1 Å². The number of carbonyl (C=O) groups is 1. The Balaban J connectivity index is 1.80. The summed E-state index contributed by atoms with van der Waals surface area (Å²) < 4.78 is 0. The third-order valence-electron chi connectivity index (χ3n) is 4.16. The number of benzene rings is 1. The molecule has 0 aliphatic carbocycles. The van der Waals surface area contributed by atoms with Crippen LogP contribution in [0.4, 0.5) is 0 Å². The summed E-state index contributed by atoms with van der Waals surface area (Å²) in [5.41, 5.74) is 2.27. The molecule has 3 heteroatoms. The predicted octanol–water partition coefficient (Wildman–Crippen LogP) is 2.85. The third-order valence-corrected chi connectivity index (χ3v) is 4.16. The van der Waals surface area contributed by atoms with E-state index in [0.717, 1.165) is 44.7 Å². The molecule has 116 valence electrons. The van der Waals surface area contributed by atoms with Gasteiger partial charge in [0, 0.05) is 38.2 Å². The minimum atomic E-state index is 0.143. The SMILES string of the molecule is CC(C)(C)c1ccc(C(=O)CCCN2CCNCC2)cc1. The Kier molecular flexibility index (Phi) is 5.54. The molecule has 1 saturated heterocycles. The summed E-state index contributed by atoms with van der Waals surface area (Å²) >= 11 is 0. The third kappa shape index (κ3) is 4.94. The van der Waals surface area contributed by atoms with Gasteiger partial charge in [-0.05, 0) is 23.9 Å². The molecule has 2 rings (SSSR count). The van der Waals surface area contributed by atoms with Gasteiger partial charge in [0.25, 0.3) is 0 Å². The first-order valence-corrected chi connectivity index (χ1v) is 8.03. The van der Waals surface area contributed by atoms with E-state index in [1.165, 1.54) is 5.56 Å². The van der Waals surface area contributed by atoms with Gasteiger partial charge in [0.15, 0.2) is 5.78 Å². The maximum atomic E-state index is 12.2. The molecular formula is C18H28N2O. The number of hydrogen-bond acceptors (Lipinski definition) is 3. The number of nitrogens with zero attached hydrogens (tertiary/aromatic N) is 1. The van der Waals surface area contributed by atoms with Crippen molar-refractivity contribution in [3.63, 3.8) is 0 Å². The van der Waals surface area contributed by atoms with Crippen molar-refractivity contribution in [2.75, 3.05) is 32.7 Å². The van der Waals surface area contributed by atoms with E-state index in [0.29, 0.717) is 6.42 Å². The summed E-state index contributed by atoms with van der Waals surface area (Å²) in [6, 6.07) is 8.13. The van der Waals surface area contributed by atoms with E-state index in [9.17, 15) is 4.79 Å². The molecule has 1 fully saturated rings. The van der Waals surface area contributed by atoms with Gasteiger partial charge in [-0.2, -0.15) is 0 Å². The number of piperazine rings is 1. The van der Waals surface area contributed by atoms with E-state index in [1.54, 1.807) is 0 Å². The van der Waals surface area contributed by atoms with Crippen LogP contribution in [0.2, 0.25) is 0 Å². The maximum absolute atomic E-state index is 12.2.